The van der Waals surface area contributed by atoms with Gasteiger partial charge in [-0.2, -0.15) is 0 Å². The maximum atomic E-state index is 10.2. The molecule has 32 heavy (non-hydrogen) atoms. The molecule has 1 aliphatic heterocycles. The van der Waals surface area contributed by atoms with E-state index in [0.29, 0.717) is 29.7 Å². The molecule has 1 heterocycles. The maximum Gasteiger partial charge on any atom is 0.0811 e. The van der Waals surface area contributed by atoms with Gasteiger partial charge in [0.25, 0.3) is 0 Å². The molecule has 0 bridgehead atoms. The zero-order chi connectivity index (χ0) is 23.1. The summed E-state index contributed by atoms with van der Waals surface area (Å²) in [7, 11) is 0. The van der Waals surface area contributed by atoms with Gasteiger partial charge in [0.05, 0.1) is 12.2 Å². The SMILES string of the molecule is C=C1/C(=C\C=C2/CCC[C@]3(C)[C@@H]([C@H](C)CN4CCCCC4(C)C)CC[C@@H]23)C[C@@H](O)C[C@H]1O. The molecule has 0 aromatic rings. The summed E-state index contributed by atoms with van der Waals surface area (Å²) in [5, 5.41) is 20.3. The lowest BCUT2D eigenvalue weighted by atomic mass is 9.61. The van der Waals surface area contributed by atoms with Crippen molar-refractivity contribution >= 4 is 0 Å². The Kier molecular flexibility index (Phi) is 7.11. The van der Waals surface area contributed by atoms with Gasteiger partial charge >= 0.3 is 0 Å². The molecule has 1 saturated heterocycles. The number of nitrogens with zero attached hydrogens (tertiary/aromatic N) is 1. The van der Waals surface area contributed by atoms with Crippen molar-refractivity contribution in [2.75, 3.05) is 13.1 Å². The van der Waals surface area contributed by atoms with E-state index in [4.69, 9.17) is 0 Å². The molecule has 0 amide bonds. The Morgan fingerprint density at radius 1 is 1.09 bits per heavy atom. The van der Waals surface area contributed by atoms with Crippen LogP contribution in [0.3, 0.4) is 0 Å². The number of aliphatic hydroxyl groups excluding tert-OH is 2. The summed E-state index contributed by atoms with van der Waals surface area (Å²) in [5.74, 6) is 2.22. The topological polar surface area (TPSA) is 43.7 Å². The lowest BCUT2D eigenvalue weighted by Gasteiger charge is -2.48. The quantitative estimate of drug-likeness (QED) is 0.560. The highest BCUT2D eigenvalue weighted by molar-refractivity contribution is 5.38. The Bertz CT molecular complexity index is 765. The molecule has 4 rings (SSSR count). The van der Waals surface area contributed by atoms with Crippen LogP contribution in [0.25, 0.3) is 0 Å². The summed E-state index contributed by atoms with van der Waals surface area (Å²) in [6.07, 6.45) is 15.1. The van der Waals surface area contributed by atoms with Crippen molar-refractivity contribution in [1.82, 2.24) is 4.90 Å². The highest BCUT2D eigenvalue weighted by Gasteiger charge is 2.51. The predicted octanol–water partition coefficient (Wildman–Crippen LogP) is 6.03. The first-order chi connectivity index (χ1) is 15.1. The van der Waals surface area contributed by atoms with Crippen LogP contribution in [0, 0.1) is 23.2 Å². The first kappa shape index (κ1) is 24.2. The zero-order valence-electron chi connectivity index (χ0n) is 21.1. The van der Waals surface area contributed by atoms with Gasteiger partial charge in [0.15, 0.2) is 0 Å². The summed E-state index contributed by atoms with van der Waals surface area (Å²) >= 11 is 0. The van der Waals surface area contributed by atoms with Crippen LogP contribution in [0.1, 0.15) is 91.9 Å². The second-order valence-electron chi connectivity index (χ2n) is 12.4. The number of fused-ring (bicyclic) bond motifs is 1. The number of aliphatic hydroxyl groups is 2. The van der Waals surface area contributed by atoms with Crippen molar-refractivity contribution in [2.24, 2.45) is 23.2 Å². The van der Waals surface area contributed by atoms with Gasteiger partial charge in [0.1, 0.15) is 0 Å². The number of hydrogen-bond acceptors (Lipinski definition) is 3. The van der Waals surface area contributed by atoms with Crippen molar-refractivity contribution < 1.29 is 10.2 Å². The van der Waals surface area contributed by atoms with Gasteiger partial charge in [-0.15, -0.1) is 0 Å². The Morgan fingerprint density at radius 3 is 2.62 bits per heavy atom. The minimum absolute atomic E-state index is 0.354. The lowest BCUT2D eigenvalue weighted by Crippen LogP contribution is -2.50. The molecule has 0 aromatic heterocycles. The third-order valence-corrected chi connectivity index (χ3v) is 9.82. The van der Waals surface area contributed by atoms with Gasteiger partial charge in [-0.05, 0) is 106 Å². The van der Waals surface area contributed by atoms with Crippen molar-refractivity contribution in [3.63, 3.8) is 0 Å². The Morgan fingerprint density at radius 2 is 1.88 bits per heavy atom. The fraction of sp³-hybridized carbons (Fsp3) is 0.793. The van der Waals surface area contributed by atoms with E-state index in [0.717, 1.165) is 23.0 Å². The molecule has 3 heteroatoms. The monoisotopic (exact) mass is 441 g/mol. The lowest BCUT2D eigenvalue weighted by molar-refractivity contribution is 0.0256. The minimum Gasteiger partial charge on any atom is -0.393 e. The smallest absolute Gasteiger partial charge is 0.0811 e. The first-order valence-electron chi connectivity index (χ1n) is 13.3. The van der Waals surface area contributed by atoms with Crippen LogP contribution in [0.2, 0.25) is 0 Å². The standard InChI is InChI=1S/C29H47NO2/c1-20(19-30-16-7-6-14-28(30,3)4)25-12-13-26-22(9-8-15-29(25,26)5)10-11-23-17-24(31)18-27(32)21(23)2/h10-11,20,24-27,31-32H,2,6-9,12-19H2,1,3-5H3/b22-10+,23-11-/t20-,24-,25-,26+,27-,29-/m1/s1. The Hall–Kier alpha value is -0.900. The van der Waals surface area contributed by atoms with E-state index in [-0.39, 0.29) is 0 Å². The molecule has 2 N–H and O–H groups in total. The molecule has 4 aliphatic rings. The molecule has 4 fully saturated rings. The molecule has 0 spiro atoms. The first-order valence-corrected chi connectivity index (χ1v) is 13.3. The van der Waals surface area contributed by atoms with Crippen molar-refractivity contribution in [3.8, 4) is 0 Å². The highest BCUT2D eigenvalue weighted by Crippen LogP contribution is 2.59. The molecule has 0 unspecified atom stereocenters. The fourth-order valence-electron chi connectivity index (χ4n) is 7.81. The van der Waals surface area contributed by atoms with Gasteiger partial charge < -0.3 is 10.2 Å². The second-order valence-corrected chi connectivity index (χ2v) is 12.4. The normalized spacial score (nSPS) is 41.8. The summed E-state index contributed by atoms with van der Waals surface area (Å²) in [5.41, 5.74) is 4.19. The van der Waals surface area contributed by atoms with Crippen LogP contribution in [0.15, 0.2) is 35.5 Å². The molecular weight excluding hydrogens is 394 g/mol. The van der Waals surface area contributed by atoms with E-state index in [9.17, 15) is 10.2 Å². The molecule has 0 radical (unpaired) electrons. The number of hydrogen-bond donors (Lipinski definition) is 2. The van der Waals surface area contributed by atoms with Gasteiger partial charge in [0, 0.05) is 18.5 Å². The maximum absolute atomic E-state index is 10.2. The third kappa shape index (κ3) is 4.68. The Balaban J connectivity index is 1.48. The largest absolute Gasteiger partial charge is 0.393 e. The van der Waals surface area contributed by atoms with Crippen molar-refractivity contribution in [2.45, 2.75) is 110 Å². The molecule has 3 aliphatic carbocycles. The number of piperidine rings is 1. The van der Waals surface area contributed by atoms with Gasteiger partial charge in [-0.25, -0.2) is 0 Å². The molecule has 0 aromatic carbocycles. The Labute approximate surface area is 196 Å². The molecule has 3 nitrogen and oxygen atoms in total. The highest BCUT2D eigenvalue weighted by atomic mass is 16.3. The number of rotatable bonds is 4. The average Bonchev–Trinajstić information content (AvgIpc) is 3.08. The average molecular weight is 442 g/mol. The van der Waals surface area contributed by atoms with Gasteiger partial charge in [-0.1, -0.05) is 44.6 Å². The van der Waals surface area contributed by atoms with Crippen LogP contribution >= 0.6 is 0 Å². The summed E-state index contributed by atoms with van der Waals surface area (Å²) in [4.78, 5) is 2.78. The van der Waals surface area contributed by atoms with E-state index >= 15 is 0 Å². The molecule has 180 valence electrons. The molecular formula is C29H47NO2. The van der Waals surface area contributed by atoms with E-state index in [1.165, 1.54) is 64.5 Å². The summed E-state index contributed by atoms with van der Waals surface area (Å²) < 4.78 is 0. The van der Waals surface area contributed by atoms with Crippen LogP contribution in [-0.4, -0.2) is 45.9 Å². The summed E-state index contributed by atoms with van der Waals surface area (Å²) in [6, 6.07) is 0. The number of likely N-dealkylation sites (tertiary alicyclic amines) is 1. The van der Waals surface area contributed by atoms with Crippen LogP contribution in [0.5, 0.6) is 0 Å². The van der Waals surface area contributed by atoms with Crippen LogP contribution in [0.4, 0.5) is 0 Å². The van der Waals surface area contributed by atoms with E-state index in [1.54, 1.807) is 5.57 Å². The minimum atomic E-state index is -0.601. The van der Waals surface area contributed by atoms with E-state index in [2.05, 4.69) is 51.3 Å². The fourth-order valence-corrected chi connectivity index (χ4v) is 7.81. The number of allylic oxidation sites excluding steroid dienone is 3. The van der Waals surface area contributed by atoms with Crippen molar-refractivity contribution in [1.29, 1.82) is 0 Å². The van der Waals surface area contributed by atoms with Gasteiger partial charge in [-0.3, -0.25) is 4.90 Å². The van der Waals surface area contributed by atoms with E-state index in [1.807, 2.05) is 0 Å². The third-order valence-electron chi connectivity index (χ3n) is 9.82. The van der Waals surface area contributed by atoms with Crippen LogP contribution in [-0.2, 0) is 0 Å². The van der Waals surface area contributed by atoms with Crippen molar-refractivity contribution in [3.05, 3.63) is 35.5 Å². The van der Waals surface area contributed by atoms with E-state index < -0.39 is 12.2 Å². The summed E-state index contributed by atoms with van der Waals surface area (Å²) in [6.45, 7) is 16.6. The van der Waals surface area contributed by atoms with Gasteiger partial charge in [0.2, 0.25) is 0 Å². The second kappa shape index (κ2) is 9.39. The van der Waals surface area contributed by atoms with Crippen LogP contribution < -0.4 is 0 Å². The molecule has 3 saturated carbocycles. The zero-order valence-corrected chi connectivity index (χ0v) is 21.1. The molecule has 6 atom stereocenters. The predicted molar refractivity (Wildman–Crippen MR) is 133 cm³/mol.